The van der Waals surface area contributed by atoms with Crippen molar-refractivity contribution in [1.82, 2.24) is 14.5 Å². The maximum atomic E-state index is 12.7. The van der Waals surface area contributed by atoms with E-state index in [0.29, 0.717) is 29.4 Å². The summed E-state index contributed by atoms with van der Waals surface area (Å²) < 4.78 is 4.61. The number of fused-ring (bicyclic) bond motifs is 2. The zero-order valence-corrected chi connectivity index (χ0v) is 16.4. The molecule has 136 valence electrons. The molecule has 0 radical (unpaired) electrons. The van der Waals surface area contributed by atoms with E-state index in [1.54, 1.807) is 25.4 Å². The molecule has 0 saturated carbocycles. The molecule has 1 N–H and O–H groups in total. The molecule has 6 heteroatoms. The SMILES string of the molecule is Cn1cc(C(=O)NCCn2ccc3cc(Br)ccc32)c2ccccc2c1=O. The lowest BCUT2D eigenvalue weighted by Gasteiger charge is -2.11. The highest BCUT2D eigenvalue weighted by Gasteiger charge is 2.13. The van der Waals surface area contributed by atoms with Gasteiger partial charge in [0.05, 0.1) is 5.56 Å². The Kier molecular flexibility index (Phi) is 4.58. The molecular formula is C21H18BrN3O2. The summed E-state index contributed by atoms with van der Waals surface area (Å²) in [5, 5.41) is 5.35. The summed E-state index contributed by atoms with van der Waals surface area (Å²) in [7, 11) is 1.66. The topological polar surface area (TPSA) is 56.0 Å². The molecule has 0 aliphatic carbocycles. The number of amides is 1. The molecular weight excluding hydrogens is 406 g/mol. The lowest BCUT2D eigenvalue weighted by atomic mass is 10.1. The average molecular weight is 424 g/mol. The van der Waals surface area contributed by atoms with Gasteiger partial charge in [-0.3, -0.25) is 9.59 Å². The van der Waals surface area contributed by atoms with Crippen molar-refractivity contribution >= 4 is 43.5 Å². The second kappa shape index (κ2) is 7.04. The van der Waals surface area contributed by atoms with Gasteiger partial charge in [0.1, 0.15) is 0 Å². The number of carbonyl (C=O) groups excluding carboxylic acids is 1. The van der Waals surface area contributed by atoms with Crippen molar-refractivity contribution in [2.24, 2.45) is 7.05 Å². The van der Waals surface area contributed by atoms with Gasteiger partial charge in [-0.15, -0.1) is 0 Å². The summed E-state index contributed by atoms with van der Waals surface area (Å²) in [6, 6.07) is 15.4. The molecule has 0 atom stereocenters. The third-order valence-electron chi connectivity index (χ3n) is 4.71. The van der Waals surface area contributed by atoms with Gasteiger partial charge in [-0.05, 0) is 30.3 Å². The molecule has 2 heterocycles. The van der Waals surface area contributed by atoms with Crippen LogP contribution in [0.15, 0.2) is 70.2 Å². The molecule has 27 heavy (non-hydrogen) atoms. The Morgan fingerprint density at radius 1 is 1.11 bits per heavy atom. The molecule has 0 aliphatic rings. The van der Waals surface area contributed by atoms with E-state index < -0.39 is 0 Å². The minimum atomic E-state index is -0.180. The Bertz CT molecular complexity index is 1220. The van der Waals surface area contributed by atoms with Crippen molar-refractivity contribution in [1.29, 1.82) is 0 Å². The summed E-state index contributed by atoms with van der Waals surface area (Å²) in [6.07, 6.45) is 3.62. The summed E-state index contributed by atoms with van der Waals surface area (Å²) in [4.78, 5) is 25.0. The van der Waals surface area contributed by atoms with E-state index in [2.05, 4.69) is 44.0 Å². The van der Waals surface area contributed by atoms with E-state index in [0.717, 1.165) is 15.4 Å². The number of nitrogens with one attached hydrogen (secondary N) is 1. The van der Waals surface area contributed by atoms with Crippen LogP contribution in [0.2, 0.25) is 0 Å². The van der Waals surface area contributed by atoms with E-state index in [4.69, 9.17) is 0 Å². The van der Waals surface area contributed by atoms with Gasteiger partial charge in [-0.1, -0.05) is 34.1 Å². The largest absolute Gasteiger partial charge is 0.350 e. The van der Waals surface area contributed by atoms with Crippen LogP contribution in [0.25, 0.3) is 21.7 Å². The fourth-order valence-corrected chi connectivity index (χ4v) is 3.73. The predicted octanol–water partition coefficient (Wildman–Crippen LogP) is 3.69. The normalized spacial score (nSPS) is 11.2. The first-order valence-electron chi connectivity index (χ1n) is 8.65. The van der Waals surface area contributed by atoms with Crippen LogP contribution in [0.5, 0.6) is 0 Å². The fourth-order valence-electron chi connectivity index (χ4n) is 3.35. The summed E-state index contributed by atoms with van der Waals surface area (Å²) in [5.74, 6) is -0.180. The Balaban J connectivity index is 1.54. The average Bonchev–Trinajstić information content (AvgIpc) is 3.06. The summed E-state index contributed by atoms with van der Waals surface area (Å²) in [5.41, 5.74) is 1.53. The number of carbonyl (C=O) groups is 1. The van der Waals surface area contributed by atoms with E-state index in [9.17, 15) is 9.59 Å². The zero-order valence-electron chi connectivity index (χ0n) is 14.8. The lowest BCUT2D eigenvalue weighted by molar-refractivity contribution is 0.0953. The number of hydrogen-bond donors (Lipinski definition) is 1. The third kappa shape index (κ3) is 3.28. The first kappa shape index (κ1) is 17.5. The molecule has 5 nitrogen and oxygen atoms in total. The number of nitrogens with zero attached hydrogens (tertiary/aromatic N) is 2. The molecule has 2 aromatic heterocycles. The van der Waals surface area contributed by atoms with Gasteiger partial charge in [-0.25, -0.2) is 0 Å². The van der Waals surface area contributed by atoms with Crippen molar-refractivity contribution < 1.29 is 4.79 Å². The first-order valence-corrected chi connectivity index (χ1v) is 9.45. The Morgan fingerprint density at radius 2 is 1.89 bits per heavy atom. The Hall–Kier alpha value is -2.86. The quantitative estimate of drug-likeness (QED) is 0.544. The Labute approximate surface area is 164 Å². The van der Waals surface area contributed by atoms with Gasteiger partial charge in [0, 0.05) is 58.7 Å². The van der Waals surface area contributed by atoms with Gasteiger partial charge in [0.25, 0.3) is 11.5 Å². The minimum absolute atomic E-state index is 0.105. The summed E-state index contributed by atoms with van der Waals surface area (Å²) in [6.45, 7) is 1.16. The lowest BCUT2D eigenvalue weighted by Crippen LogP contribution is -2.29. The van der Waals surface area contributed by atoms with Crippen LogP contribution in [0, 0.1) is 0 Å². The highest BCUT2D eigenvalue weighted by molar-refractivity contribution is 9.10. The van der Waals surface area contributed by atoms with Crippen LogP contribution in [-0.2, 0) is 13.6 Å². The van der Waals surface area contributed by atoms with Gasteiger partial charge in [0.2, 0.25) is 0 Å². The number of benzene rings is 2. The number of halogens is 1. The van der Waals surface area contributed by atoms with Crippen molar-refractivity contribution in [3.05, 3.63) is 81.3 Å². The highest BCUT2D eigenvalue weighted by Crippen LogP contribution is 2.20. The molecule has 0 unspecified atom stereocenters. The third-order valence-corrected chi connectivity index (χ3v) is 5.20. The highest BCUT2D eigenvalue weighted by atomic mass is 79.9. The maximum Gasteiger partial charge on any atom is 0.258 e. The molecule has 2 aromatic carbocycles. The second-order valence-electron chi connectivity index (χ2n) is 6.47. The second-order valence-corrected chi connectivity index (χ2v) is 7.39. The number of aromatic nitrogens is 2. The van der Waals surface area contributed by atoms with Crippen molar-refractivity contribution in [2.75, 3.05) is 6.54 Å². The van der Waals surface area contributed by atoms with Crippen LogP contribution >= 0.6 is 15.9 Å². The molecule has 1 amide bonds. The fraction of sp³-hybridized carbons (Fsp3) is 0.143. The molecule has 0 bridgehead atoms. The van der Waals surface area contributed by atoms with Crippen molar-refractivity contribution in [3.63, 3.8) is 0 Å². The molecule has 4 rings (SSSR count). The summed E-state index contributed by atoms with van der Waals surface area (Å²) >= 11 is 3.48. The molecule has 0 aliphatic heterocycles. The van der Waals surface area contributed by atoms with Gasteiger partial charge in [-0.2, -0.15) is 0 Å². The van der Waals surface area contributed by atoms with Crippen LogP contribution in [0.3, 0.4) is 0 Å². The smallest absolute Gasteiger partial charge is 0.258 e. The number of hydrogen-bond acceptors (Lipinski definition) is 2. The number of rotatable bonds is 4. The minimum Gasteiger partial charge on any atom is -0.350 e. The van der Waals surface area contributed by atoms with Crippen molar-refractivity contribution in [3.8, 4) is 0 Å². The van der Waals surface area contributed by atoms with E-state index in [1.807, 2.05) is 24.4 Å². The zero-order chi connectivity index (χ0) is 19.0. The van der Waals surface area contributed by atoms with Crippen molar-refractivity contribution in [2.45, 2.75) is 6.54 Å². The van der Waals surface area contributed by atoms with E-state index in [1.165, 1.54) is 4.57 Å². The number of pyridine rings is 1. The monoisotopic (exact) mass is 423 g/mol. The number of aryl methyl sites for hydroxylation is 1. The molecule has 4 aromatic rings. The van der Waals surface area contributed by atoms with Crippen LogP contribution < -0.4 is 10.9 Å². The van der Waals surface area contributed by atoms with Crippen LogP contribution in [0.1, 0.15) is 10.4 Å². The molecule has 0 saturated heterocycles. The first-order chi connectivity index (χ1) is 13.0. The van der Waals surface area contributed by atoms with Gasteiger partial charge >= 0.3 is 0 Å². The molecule has 0 spiro atoms. The molecule has 0 fully saturated rings. The van der Waals surface area contributed by atoms with Crippen LogP contribution in [0.4, 0.5) is 0 Å². The van der Waals surface area contributed by atoms with E-state index in [-0.39, 0.29) is 11.5 Å². The van der Waals surface area contributed by atoms with Crippen LogP contribution in [-0.4, -0.2) is 21.6 Å². The Morgan fingerprint density at radius 3 is 2.70 bits per heavy atom. The maximum absolute atomic E-state index is 12.7. The predicted molar refractivity (Wildman–Crippen MR) is 111 cm³/mol. The van der Waals surface area contributed by atoms with Gasteiger partial charge in [0.15, 0.2) is 0 Å². The van der Waals surface area contributed by atoms with E-state index >= 15 is 0 Å². The van der Waals surface area contributed by atoms with Gasteiger partial charge < -0.3 is 14.5 Å². The standard InChI is InChI=1S/C21H18BrN3O2/c1-24-13-18(16-4-2-3-5-17(16)21(24)27)20(26)23-9-11-25-10-8-14-12-15(22)6-7-19(14)25/h2-8,10,12-13H,9,11H2,1H3,(H,23,26).